The lowest BCUT2D eigenvalue weighted by molar-refractivity contribution is -0.117. The van der Waals surface area contributed by atoms with Gasteiger partial charge in [-0.25, -0.2) is 0 Å². The Morgan fingerprint density at radius 3 is 2.88 bits per heavy atom. The van der Waals surface area contributed by atoms with Gasteiger partial charge < -0.3 is 15.0 Å². The third kappa shape index (κ3) is 3.59. The van der Waals surface area contributed by atoms with E-state index >= 15 is 0 Å². The van der Waals surface area contributed by atoms with E-state index in [0.717, 1.165) is 50.1 Å². The Kier molecular flexibility index (Phi) is 5.48. The minimum Gasteiger partial charge on any atom is -0.497 e. The summed E-state index contributed by atoms with van der Waals surface area (Å²) in [5, 5.41) is 3.13. The summed E-state index contributed by atoms with van der Waals surface area (Å²) in [6.45, 7) is 6.14. The van der Waals surface area contributed by atoms with Crippen molar-refractivity contribution in [3.63, 3.8) is 0 Å². The molecule has 1 amide bonds. The Balaban J connectivity index is 2.07. The van der Waals surface area contributed by atoms with Crippen molar-refractivity contribution < 1.29 is 9.53 Å². The van der Waals surface area contributed by atoms with Gasteiger partial charge in [0.1, 0.15) is 5.75 Å². The molecule has 1 N–H and O–H groups in total. The van der Waals surface area contributed by atoms with Crippen molar-refractivity contribution in [2.45, 2.75) is 45.6 Å². The van der Waals surface area contributed by atoms with Gasteiger partial charge in [-0.3, -0.25) is 4.79 Å². The third-order valence-electron chi connectivity index (χ3n) is 5.90. The molecule has 1 aliphatic carbocycles. The summed E-state index contributed by atoms with van der Waals surface area (Å²) in [7, 11) is 3.83. The summed E-state index contributed by atoms with van der Waals surface area (Å²) in [4.78, 5) is 15.1. The second-order valence-electron chi connectivity index (χ2n) is 7.32. The molecule has 4 nitrogen and oxygen atoms in total. The summed E-state index contributed by atoms with van der Waals surface area (Å²) < 4.78 is 5.40. The highest BCUT2D eigenvalue weighted by molar-refractivity contribution is 6.02. The van der Waals surface area contributed by atoms with Gasteiger partial charge in [0.25, 0.3) is 0 Å². The molecule has 1 heterocycles. The number of aryl methyl sites for hydroxylation is 1. The summed E-state index contributed by atoms with van der Waals surface area (Å²) in [6.07, 6.45) is 4.01. The monoisotopic (exact) mass is 342 g/mol. The van der Waals surface area contributed by atoms with Gasteiger partial charge in [-0.1, -0.05) is 13.0 Å². The summed E-state index contributed by atoms with van der Waals surface area (Å²) in [5.41, 5.74) is 4.85. The van der Waals surface area contributed by atoms with Crippen molar-refractivity contribution >= 4 is 11.5 Å². The third-order valence-corrected chi connectivity index (χ3v) is 5.90. The number of hydrogen-bond donors (Lipinski definition) is 1. The van der Waals surface area contributed by atoms with Gasteiger partial charge in [0.15, 0.2) is 0 Å². The number of rotatable bonds is 5. The van der Waals surface area contributed by atoms with Crippen LogP contribution in [0.4, 0.5) is 0 Å². The zero-order valence-corrected chi connectivity index (χ0v) is 15.9. The highest BCUT2D eigenvalue weighted by atomic mass is 16.5. The van der Waals surface area contributed by atoms with Gasteiger partial charge in [-0.05, 0) is 81.0 Å². The van der Waals surface area contributed by atoms with E-state index in [-0.39, 0.29) is 5.91 Å². The first-order chi connectivity index (χ1) is 12.0. The molecule has 0 spiro atoms. The molecule has 0 radical (unpaired) electrons. The normalized spacial score (nSPS) is 21.3. The fourth-order valence-corrected chi connectivity index (χ4v) is 4.11. The van der Waals surface area contributed by atoms with Gasteiger partial charge in [-0.2, -0.15) is 0 Å². The van der Waals surface area contributed by atoms with Crippen LogP contribution in [0.25, 0.3) is 5.57 Å². The first kappa shape index (κ1) is 18.0. The van der Waals surface area contributed by atoms with E-state index < -0.39 is 0 Å². The quantitative estimate of drug-likeness (QED) is 0.893. The molecule has 3 rings (SSSR count). The van der Waals surface area contributed by atoms with Crippen molar-refractivity contribution in [2.75, 3.05) is 27.2 Å². The Bertz CT molecular complexity index is 680. The second-order valence-corrected chi connectivity index (χ2v) is 7.32. The van der Waals surface area contributed by atoms with Crippen LogP contribution in [0.15, 0.2) is 23.8 Å². The summed E-state index contributed by atoms with van der Waals surface area (Å²) >= 11 is 0. The van der Waals surface area contributed by atoms with Crippen molar-refractivity contribution in [1.82, 2.24) is 10.2 Å². The van der Waals surface area contributed by atoms with Gasteiger partial charge in [0.2, 0.25) is 5.91 Å². The smallest absolute Gasteiger partial charge is 0.247 e. The van der Waals surface area contributed by atoms with Crippen LogP contribution in [0.5, 0.6) is 5.75 Å². The number of ether oxygens (including phenoxy) is 1. The zero-order valence-electron chi connectivity index (χ0n) is 15.9. The Morgan fingerprint density at radius 1 is 1.36 bits per heavy atom. The molecule has 1 aliphatic heterocycles. The maximum absolute atomic E-state index is 12.8. The number of nitrogens with one attached hydrogen (secondary N) is 1. The number of benzene rings is 1. The van der Waals surface area contributed by atoms with E-state index in [0.29, 0.717) is 12.0 Å². The van der Waals surface area contributed by atoms with E-state index in [9.17, 15) is 4.79 Å². The van der Waals surface area contributed by atoms with Crippen LogP contribution in [-0.2, 0) is 11.2 Å². The lowest BCUT2D eigenvalue weighted by atomic mass is 9.75. The molecule has 0 saturated heterocycles. The molecule has 1 aromatic carbocycles. The van der Waals surface area contributed by atoms with Crippen LogP contribution in [0.1, 0.15) is 44.2 Å². The highest BCUT2D eigenvalue weighted by Gasteiger charge is 2.32. The molecule has 1 aromatic rings. The summed E-state index contributed by atoms with van der Waals surface area (Å²) in [5.74, 6) is 1.50. The first-order valence-corrected chi connectivity index (χ1v) is 9.43. The molecule has 0 saturated carbocycles. The molecule has 0 bridgehead atoms. The van der Waals surface area contributed by atoms with Crippen LogP contribution in [-0.4, -0.2) is 44.1 Å². The van der Waals surface area contributed by atoms with Crippen LogP contribution in [0.2, 0.25) is 0 Å². The lowest BCUT2D eigenvalue weighted by Gasteiger charge is -2.30. The number of fused-ring (bicyclic) bond motifs is 3. The Morgan fingerprint density at radius 2 is 2.16 bits per heavy atom. The zero-order chi connectivity index (χ0) is 18.0. The fourth-order valence-electron chi connectivity index (χ4n) is 4.11. The molecule has 2 unspecified atom stereocenters. The molecular formula is C21H30N2O2. The highest BCUT2D eigenvalue weighted by Crippen LogP contribution is 2.42. The average Bonchev–Trinajstić information content (AvgIpc) is 2.79. The average molecular weight is 342 g/mol. The minimum atomic E-state index is 0.123. The predicted molar refractivity (Wildman–Crippen MR) is 102 cm³/mol. The maximum atomic E-state index is 12.8. The molecule has 4 heteroatoms. The SMILES string of the molecule is CCN(C)C(C)CC1=C2c3ccc(OC)cc3CCC2CCNC1=O. The number of carbonyl (C=O) groups is 1. The molecule has 2 atom stereocenters. The number of amides is 1. The summed E-state index contributed by atoms with van der Waals surface area (Å²) in [6, 6.07) is 6.67. The second kappa shape index (κ2) is 7.61. The number of allylic oxidation sites excluding steroid dienone is 1. The van der Waals surface area contributed by atoms with Crippen LogP contribution < -0.4 is 10.1 Å². The van der Waals surface area contributed by atoms with Gasteiger partial charge >= 0.3 is 0 Å². The van der Waals surface area contributed by atoms with Crippen molar-refractivity contribution in [3.05, 3.63) is 34.9 Å². The molecule has 136 valence electrons. The standard InChI is InChI=1S/C21H30N2O2/c1-5-23(3)14(2)12-19-20-15(10-11-22-21(19)24)6-7-16-13-17(25-4)8-9-18(16)20/h8-9,13-15H,5-7,10-12H2,1-4H3,(H,22,24). The Hall–Kier alpha value is -1.81. The minimum absolute atomic E-state index is 0.123. The molecule has 0 fully saturated rings. The van der Waals surface area contributed by atoms with Crippen molar-refractivity contribution in [2.24, 2.45) is 5.92 Å². The van der Waals surface area contributed by atoms with Crippen molar-refractivity contribution in [3.8, 4) is 5.75 Å². The number of hydrogen-bond acceptors (Lipinski definition) is 3. The first-order valence-electron chi connectivity index (χ1n) is 9.43. The molecule has 25 heavy (non-hydrogen) atoms. The Labute approximate surface area is 151 Å². The molecular weight excluding hydrogens is 312 g/mol. The maximum Gasteiger partial charge on any atom is 0.247 e. The lowest BCUT2D eigenvalue weighted by Crippen LogP contribution is -2.32. The van der Waals surface area contributed by atoms with E-state index in [1.54, 1.807) is 7.11 Å². The number of nitrogens with zero attached hydrogens (tertiary/aromatic N) is 1. The fraction of sp³-hybridized carbons (Fsp3) is 0.571. The molecule has 2 aliphatic rings. The van der Waals surface area contributed by atoms with E-state index in [1.165, 1.54) is 16.7 Å². The van der Waals surface area contributed by atoms with Crippen LogP contribution >= 0.6 is 0 Å². The van der Waals surface area contributed by atoms with Gasteiger partial charge in [0.05, 0.1) is 7.11 Å². The van der Waals surface area contributed by atoms with Crippen LogP contribution in [0.3, 0.4) is 0 Å². The molecule has 0 aromatic heterocycles. The van der Waals surface area contributed by atoms with Gasteiger partial charge in [-0.15, -0.1) is 0 Å². The number of carbonyl (C=O) groups excluding carboxylic acids is 1. The van der Waals surface area contributed by atoms with Crippen LogP contribution in [0, 0.1) is 5.92 Å². The van der Waals surface area contributed by atoms with Crippen molar-refractivity contribution in [1.29, 1.82) is 0 Å². The predicted octanol–water partition coefficient (Wildman–Crippen LogP) is 3.26. The van der Waals surface area contributed by atoms with E-state index in [2.05, 4.69) is 43.2 Å². The van der Waals surface area contributed by atoms with E-state index in [1.807, 2.05) is 6.07 Å². The largest absolute Gasteiger partial charge is 0.497 e. The van der Waals surface area contributed by atoms with Gasteiger partial charge in [0, 0.05) is 18.2 Å². The number of methoxy groups -OCH3 is 1. The van der Waals surface area contributed by atoms with E-state index in [4.69, 9.17) is 4.74 Å². The topological polar surface area (TPSA) is 41.6 Å².